The molecule has 1 atom stereocenters. The van der Waals surface area contributed by atoms with Gasteiger partial charge in [-0.15, -0.1) is 0 Å². The Morgan fingerprint density at radius 1 is 1.06 bits per heavy atom. The molecule has 0 radical (unpaired) electrons. The minimum Gasteiger partial charge on any atom is -0.465 e. The first-order valence-electron chi connectivity index (χ1n) is 10.4. The lowest BCUT2D eigenvalue weighted by Gasteiger charge is -2.33. The minimum absolute atomic E-state index is 0.0838. The molecule has 1 aromatic heterocycles. The molecule has 1 saturated heterocycles. The van der Waals surface area contributed by atoms with Crippen molar-refractivity contribution in [3.8, 4) is 0 Å². The molecular formula is C22H29FN4O4. The van der Waals surface area contributed by atoms with Crippen molar-refractivity contribution in [1.82, 2.24) is 20.9 Å². The van der Waals surface area contributed by atoms with E-state index in [2.05, 4.69) is 20.9 Å². The number of urea groups is 1. The van der Waals surface area contributed by atoms with Crippen LogP contribution in [0.25, 0.3) is 0 Å². The molecule has 1 aliphatic heterocycles. The van der Waals surface area contributed by atoms with Crippen LogP contribution in [0.2, 0.25) is 0 Å². The van der Waals surface area contributed by atoms with Gasteiger partial charge in [-0.1, -0.05) is 6.07 Å². The largest absolute Gasteiger partial charge is 0.465 e. The maximum absolute atomic E-state index is 13.6. The second kappa shape index (κ2) is 10.9. The molecule has 2 heterocycles. The van der Waals surface area contributed by atoms with E-state index < -0.39 is 5.82 Å². The standard InChI is InChI=1S/C22H29FN4O4/c1-15-3-5-17(13-18(15)23)21(28)24-7-8-25-22(29)26-14-19(20-6-4-16(2)31-20)27-9-11-30-12-10-27/h3-6,13,19H,7-12,14H2,1-2H3,(H,24,28)(H2,25,26,29). The zero-order chi connectivity index (χ0) is 22.2. The minimum atomic E-state index is -0.424. The van der Waals surface area contributed by atoms with Gasteiger partial charge in [0.25, 0.3) is 5.91 Å². The Morgan fingerprint density at radius 3 is 2.48 bits per heavy atom. The number of carbonyl (C=O) groups excluding carboxylic acids is 2. The molecule has 8 nitrogen and oxygen atoms in total. The van der Waals surface area contributed by atoms with E-state index in [1.54, 1.807) is 19.1 Å². The van der Waals surface area contributed by atoms with Gasteiger partial charge >= 0.3 is 6.03 Å². The fourth-order valence-electron chi connectivity index (χ4n) is 3.37. The lowest BCUT2D eigenvalue weighted by Crippen LogP contribution is -2.46. The number of rotatable bonds is 8. The van der Waals surface area contributed by atoms with Crippen LogP contribution in [0.5, 0.6) is 0 Å². The van der Waals surface area contributed by atoms with Crippen molar-refractivity contribution in [1.29, 1.82) is 0 Å². The van der Waals surface area contributed by atoms with E-state index >= 15 is 0 Å². The number of benzene rings is 1. The molecule has 1 aliphatic rings. The maximum Gasteiger partial charge on any atom is 0.314 e. The van der Waals surface area contributed by atoms with Crippen molar-refractivity contribution in [3.05, 3.63) is 58.8 Å². The van der Waals surface area contributed by atoms with Crippen molar-refractivity contribution in [2.75, 3.05) is 45.9 Å². The number of carbonyl (C=O) groups is 2. The molecule has 3 rings (SSSR count). The highest BCUT2D eigenvalue weighted by molar-refractivity contribution is 5.94. The predicted octanol–water partition coefficient (Wildman–Crippen LogP) is 2.14. The number of nitrogens with zero attached hydrogens (tertiary/aromatic N) is 1. The Bertz CT molecular complexity index is 895. The number of furan rings is 1. The Kier molecular flexibility index (Phi) is 8.02. The first-order valence-corrected chi connectivity index (χ1v) is 10.4. The van der Waals surface area contributed by atoms with E-state index in [1.165, 1.54) is 6.07 Å². The average molecular weight is 432 g/mol. The van der Waals surface area contributed by atoms with E-state index in [0.29, 0.717) is 25.3 Å². The molecule has 1 unspecified atom stereocenters. The Balaban J connectivity index is 1.42. The lowest BCUT2D eigenvalue weighted by atomic mass is 10.1. The van der Waals surface area contributed by atoms with Crippen LogP contribution >= 0.6 is 0 Å². The molecule has 3 amide bonds. The van der Waals surface area contributed by atoms with Crippen molar-refractivity contribution < 1.29 is 23.1 Å². The molecule has 0 aliphatic carbocycles. The van der Waals surface area contributed by atoms with Crippen LogP contribution in [0, 0.1) is 19.7 Å². The van der Waals surface area contributed by atoms with Gasteiger partial charge in [-0.05, 0) is 43.7 Å². The first kappa shape index (κ1) is 22.8. The predicted molar refractivity (Wildman–Crippen MR) is 113 cm³/mol. The highest BCUT2D eigenvalue weighted by Gasteiger charge is 2.25. The number of hydrogen-bond acceptors (Lipinski definition) is 5. The number of halogens is 1. The highest BCUT2D eigenvalue weighted by atomic mass is 19.1. The zero-order valence-corrected chi connectivity index (χ0v) is 17.9. The van der Waals surface area contributed by atoms with Gasteiger partial charge in [0.15, 0.2) is 0 Å². The first-order chi connectivity index (χ1) is 14.9. The van der Waals surface area contributed by atoms with Crippen LogP contribution < -0.4 is 16.0 Å². The number of ether oxygens (including phenoxy) is 1. The van der Waals surface area contributed by atoms with E-state index in [4.69, 9.17) is 9.15 Å². The summed E-state index contributed by atoms with van der Waals surface area (Å²) in [6, 6.07) is 7.74. The summed E-state index contributed by atoms with van der Waals surface area (Å²) in [5, 5.41) is 8.24. The van der Waals surface area contributed by atoms with E-state index in [1.807, 2.05) is 19.1 Å². The van der Waals surface area contributed by atoms with Crippen LogP contribution in [0.15, 0.2) is 34.7 Å². The van der Waals surface area contributed by atoms with Gasteiger partial charge in [0.1, 0.15) is 17.3 Å². The van der Waals surface area contributed by atoms with Crippen molar-refractivity contribution in [2.45, 2.75) is 19.9 Å². The normalized spacial score (nSPS) is 15.3. The van der Waals surface area contributed by atoms with Crippen molar-refractivity contribution >= 4 is 11.9 Å². The zero-order valence-electron chi connectivity index (χ0n) is 17.9. The number of hydrogen-bond donors (Lipinski definition) is 3. The SMILES string of the molecule is Cc1ccc(C(CNC(=O)NCCNC(=O)c2ccc(C)c(F)c2)N2CCOCC2)o1. The maximum atomic E-state index is 13.6. The van der Waals surface area contributed by atoms with Gasteiger partial charge in [0.2, 0.25) is 0 Å². The second-order valence-corrected chi connectivity index (χ2v) is 7.47. The molecule has 0 spiro atoms. The molecule has 9 heteroatoms. The third kappa shape index (κ3) is 6.53. The molecule has 0 bridgehead atoms. The molecular weight excluding hydrogens is 403 g/mol. The summed E-state index contributed by atoms with van der Waals surface area (Å²) in [4.78, 5) is 26.5. The Hall–Kier alpha value is -2.91. The fraction of sp³-hybridized carbons (Fsp3) is 0.455. The van der Waals surface area contributed by atoms with Gasteiger partial charge in [-0.25, -0.2) is 9.18 Å². The van der Waals surface area contributed by atoms with Gasteiger partial charge in [-0.3, -0.25) is 9.69 Å². The van der Waals surface area contributed by atoms with Gasteiger partial charge in [0, 0.05) is 38.3 Å². The summed E-state index contributed by atoms with van der Waals surface area (Å²) in [7, 11) is 0. The monoisotopic (exact) mass is 432 g/mol. The highest BCUT2D eigenvalue weighted by Crippen LogP contribution is 2.23. The van der Waals surface area contributed by atoms with Crippen molar-refractivity contribution in [3.63, 3.8) is 0 Å². The summed E-state index contributed by atoms with van der Waals surface area (Å²) < 4.78 is 24.8. The molecule has 31 heavy (non-hydrogen) atoms. The molecule has 2 aromatic rings. The summed E-state index contributed by atoms with van der Waals surface area (Å²) in [6.07, 6.45) is 0. The fourth-order valence-corrected chi connectivity index (χ4v) is 3.37. The van der Waals surface area contributed by atoms with Gasteiger partial charge in [-0.2, -0.15) is 0 Å². The number of morpholine rings is 1. The van der Waals surface area contributed by atoms with E-state index in [0.717, 1.165) is 24.6 Å². The quantitative estimate of drug-likeness (QED) is 0.556. The second-order valence-electron chi connectivity index (χ2n) is 7.47. The van der Waals surface area contributed by atoms with Gasteiger partial charge in [0.05, 0.1) is 19.3 Å². The van der Waals surface area contributed by atoms with Crippen LogP contribution in [-0.2, 0) is 4.74 Å². The van der Waals surface area contributed by atoms with E-state index in [-0.39, 0.29) is 36.6 Å². The van der Waals surface area contributed by atoms with Crippen LogP contribution in [0.4, 0.5) is 9.18 Å². The molecule has 168 valence electrons. The third-order valence-electron chi connectivity index (χ3n) is 5.16. The van der Waals surface area contributed by atoms with Crippen LogP contribution in [-0.4, -0.2) is 62.8 Å². The lowest BCUT2D eigenvalue weighted by molar-refractivity contribution is 0.0121. The van der Waals surface area contributed by atoms with Crippen LogP contribution in [0.1, 0.15) is 33.5 Å². The van der Waals surface area contributed by atoms with Crippen molar-refractivity contribution in [2.24, 2.45) is 0 Å². The third-order valence-corrected chi connectivity index (χ3v) is 5.16. The number of aryl methyl sites for hydroxylation is 2. The Morgan fingerprint density at radius 2 is 1.81 bits per heavy atom. The summed E-state index contributed by atoms with van der Waals surface area (Å²) in [5.41, 5.74) is 0.727. The number of amides is 3. The summed E-state index contributed by atoms with van der Waals surface area (Å²) >= 11 is 0. The summed E-state index contributed by atoms with van der Waals surface area (Å²) in [6.45, 7) is 7.20. The Labute approximate surface area is 181 Å². The molecule has 0 saturated carbocycles. The van der Waals surface area contributed by atoms with E-state index in [9.17, 15) is 14.0 Å². The molecule has 3 N–H and O–H groups in total. The smallest absolute Gasteiger partial charge is 0.314 e. The topological polar surface area (TPSA) is 95.8 Å². The molecule has 1 fully saturated rings. The average Bonchev–Trinajstić information content (AvgIpc) is 3.20. The summed E-state index contributed by atoms with van der Waals surface area (Å²) in [5.74, 6) is 0.813. The van der Waals surface area contributed by atoms with Gasteiger partial charge < -0.3 is 25.1 Å². The number of nitrogens with one attached hydrogen (secondary N) is 3. The van der Waals surface area contributed by atoms with Crippen LogP contribution in [0.3, 0.4) is 0 Å². The molecule has 1 aromatic carbocycles.